The minimum atomic E-state index is 0.394. The van der Waals surface area contributed by atoms with Crippen molar-refractivity contribution in [1.82, 2.24) is 9.88 Å². The highest BCUT2D eigenvalue weighted by Gasteiger charge is 2.23. The number of nitriles is 1. The summed E-state index contributed by atoms with van der Waals surface area (Å²) < 4.78 is 5.03. The highest BCUT2D eigenvalue weighted by atomic mass is 16.5. The fraction of sp³-hybridized carbons (Fsp3) is 0.500. The van der Waals surface area contributed by atoms with Gasteiger partial charge < -0.3 is 4.74 Å². The molecule has 1 aliphatic heterocycles. The SMILES string of the molecule is COc1ncc(C2CCCN2C)cc1C#N. The van der Waals surface area contributed by atoms with Crippen molar-refractivity contribution in [1.29, 1.82) is 5.26 Å². The smallest absolute Gasteiger partial charge is 0.231 e. The van der Waals surface area contributed by atoms with Gasteiger partial charge in [0.15, 0.2) is 0 Å². The van der Waals surface area contributed by atoms with E-state index in [9.17, 15) is 0 Å². The number of nitrogens with zero attached hydrogens (tertiary/aromatic N) is 3. The molecule has 1 fully saturated rings. The molecule has 0 bridgehead atoms. The third-order valence-corrected chi connectivity index (χ3v) is 3.09. The lowest BCUT2D eigenvalue weighted by Crippen LogP contribution is -2.17. The van der Waals surface area contributed by atoms with Crippen LogP contribution in [0.5, 0.6) is 5.88 Å². The van der Waals surface area contributed by atoms with Crippen molar-refractivity contribution in [3.8, 4) is 11.9 Å². The number of pyridine rings is 1. The molecule has 1 unspecified atom stereocenters. The van der Waals surface area contributed by atoms with Crippen LogP contribution in [0.25, 0.3) is 0 Å². The minimum Gasteiger partial charge on any atom is -0.480 e. The van der Waals surface area contributed by atoms with Crippen molar-refractivity contribution in [2.75, 3.05) is 20.7 Å². The van der Waals surface area contributed by atoms with Crippen LogP contribution in [-0.2, 0) is 0 Å². The first kappa shape index (κ1) is 10.9. The van der Waals surface area contributed by atoms with E-state index in [1.807, 2.05) is 12.3 Å². The zero-order chi connectivity index (χ0) is 11.5. The largest absolute Gasteiger partial charge is 0.480 e. The van der Waals surface area contributed by atoms with E-state index >= 15 is 0 Å². The Labute approximate surface area is 95.5 Å². The average molecular weight is 217 g/mol. The normalized spacial score (nSPS) is 20.7. The van der Waals surface area contributed by atoms with E-state index in [4.69, 9.17) is 10.00 Å². The van der Waals surface area contributed by atoms with E-state index in [0.29, 0.717) is 17.5 Å². The zero-order valence-electron chi connectivity index (χ0n) is 9.60. The molecular formula is C12H15N3O. The van der Waals surface area contributed by atoms with E-state index in [2.05, 4.69) is 23.0 Å². The molecule has 1 saturated heterocycles. The zero-order valence-corrected chi connectivity index (χ0v) is 9.60. The molecule has 0 spiro atoms. The summed E-state index contributed by atoms with van der Waals surface area (Å²) in [5, 5.41) is 9.00. The molecule has 0 radical (unpaired) electrons. The first-order valence-corrected chi connectivity index (χ1v) is 5.40. The summed E-state index contributed by atoms with van der Waals surface area (Å²) in [7, 11) is 3.64. The molecule has 0 N–H and O–H groups in total. The van der Waals surface area contributed by atoms with Gasteiger partial charge in [-0.3, -0.25) is 4.90 Å². The van der Waals surface area contributed by atoms with Crippen molar-refractivity contribution < 1.29 is 4.74 Å². The summed E-state index contributed by atoms with van der Waals surface area (Å²) in [6.45, 7) is 1.11. The Hall–Kier alpha value is -1.60. The number of rotatable bonds is 2. The third-order valence-electron chi connectivity index (χ3n) is 3.09. The second kappa shape index (κ2) is 4.50. The number of hydrogen-bond acceptors (Lipinski definition) is 4. The van der Waals surface area contributed by atoms with Crippen LogP contribution in [0, 0.1) is 11.3 Å². The third kappa shape index (κ3) is 1.86. The Morgan fingerprint density at radius 1 is 1.62 bits per heavy atom. The molecule has 16 heavy (non-hydrogen) atoms. The van der Waals surface area contributed by atoms with E-state index in [0.717, 1.165) is 18.5 Å². The van der Waals surface area contributed by atoms with Crippen molar-refractivity contribution in [2.45, 2.75) is 18.9 Å². The molecule has 0 aromatic carbocycles. The van der Waals surface area contributed by atoms with Crippen LogP contribution in [-0.4, -0.2) is 30.6 Å². The summed E-state index contributed by atoms with van der Waals surface area (Å²) in [4.78, 5) is 6.47. The van der Waals surface area contributed by atoms with Gasteiger partial charge in [0.1, 0.15) is 11.6 Å². The summed E-state index contributed by atoms with van der Waals surface area (Å²) in [6, 6.07) is 4.40. The van der Waals surface area contributed by atoms with Gasteiger partial charge in [-0.15, -0.1) is 0 Å². The van der Waals surface area contributed by atoms with E-state index in [1.54, 1.807) is 0 Å². The molecule has 2 rings (SSSR count). The van der Waals surface area contributed by atoms with Gasteiger partial charge in [0.25, 0.3) is 0 Å². The lowest BCUT2D eigenvalue weighted by molar-refractivity contribution is 0.316. The van der Waals surface area contributed by atoms with Gasteiger partial charge in [-0.25, -0.2) is 4.98 Å². The van der Waals surface area contributed by atoms with Crippen LogP contribution in [0.1, 0.15) is 30.0 Å². The van der Waals surface area contributed by atoms with Crippen LogP contribution < -0.4 is 4.74 Å². The average Bonchev–Trinajstić information content (AvgIpc) is 2.74. The second-order valence-corrected chi connectivity index (χ2v) is 4.08. The highest BCUT2D eigenvalue weighted by molar-refractivity contribution is 5.40. The van der Waals surface area contributed by atoms with Gasteiger partial charge in [-0.2, -0.15) is 5.26 Å². The maximum Gasteiger partial charge on any atom is 0.231 e. The van der Waals surface area contributed by atoms with Gasteiger partial charge in [0.05, 0.1) is 7.11 Å². The Bertz CT molecular complexity index is 425. The van der Waals surface area contributed by atoms with E-state index in [1.165, 1.54) is 13.5 Å². The van der Waals surface area contributed by atoms with Crippen LogP contribution in [0.2, 0.25) is 0 Å². The Kier molecular flexibility index (Phi) is 3.07. The van der Waals surface area contributed by atoms with Gasteiger partial charge in [-0.1, -0.05) is 0 Å². The molecule has 1 aromatic rings. The van der Waals surface area contributed by atoms with Crippen molar-refractivity contribution in [3.05, 3.63) is 23.4 Å². The van der Waals surface area contributed by atoms with Crippen LogP contribution in [0.15, 0.2) is 12.3 Å². The summed E-state index contributed by atoms with van der Waals surface area (Å²) in [6.07, 6.45) is 4.15. The number of aromatic nitrogens is 1. The Morgan fingerprint density at radius 3 is 3.00 bits per heavy atom. The molecule has 2 heterocycles. The maximum absolute atomic E-state index is 9.00. The molecule has 84 valence electrons. The molecule has 1 aromatic heterocycles. The standard InChI is InChI=1S/C12H15N3O/c1-15-5-3-4-11(15)10-6-9(7-13)12(16-2)14-8-10/h6,8,11H,3-5H2,1-2H3. The predicted molar refractivity (Wildman–Crippen MR) is 60.1 cm³/mol. The van der Waals surface area contributed by atoms with Crippen LogP contribution in [0.4, 0.5) is 0 Å². The Morgan fingerprint density at radius 2 is 2.44 bits per heavy atom. The Balaban J connectivity index is 2.33. The number of likely N-dealkylation sites (tertiary alicyclic amines) is 1. The monoisotopic (exact) mass is 217 g/mol. The quantitative estimate of drug-likeness (QED) is 0.757. The molecule has 4 heteroatoms. The molecule has 0 amide bonds. The fourth-order valence-corrected chi connectivity index (χ4v) is 2.22. The first-order valence-electron chi connectivity index (χ1n) is 5.40. The van der Waals surface area contributed by atoms with Crippen molar-refractivity contribution in [3.63, 3.8) is 0 Å². The number of hydrogen-bond donors (Lipinski definition) is 0. The molecule has 0 aliphatic carbocycles. The second-order valence-electron chi connectivity index (χ2n) is 4.08. The lowest BCUT2D eigenvalue weighted by Gasteiger charge is -2.19. The summed E-state index contributed by atoms with van der Waals surface area (Å²) in [5.41, 5.74) is 1.62. The van der Waals surface area contributed by atoms with E-state index < -0.39 is 0 Å². The number of methoxy groups -OCH3 is 1. The van der Waals surface area contributed by atoms with Crippen LogP contribution in [0.3, 0.4) is 0 Å². The molecule has 4 nitrogen and oxygen atoms in total. The van der Waals surface area contributed by atoms with Crippen molar-refractivity contribution in [2.24, 2.45) is 0 Å². The predicted octanol–water partition coefficient (Wildman–Crippen LogP) is 1.73. The van der Waals surface area contributed by atoms with Gasteiger partial charge >= 0.3 is 0 Å². The van der Waals surface area contributed by atoms with Crippen molar-refractivity contribution >= 4 is 0 Å². The fourth-order valence-electron chi connectivity index (χ4n) is 2.22. The highest BCUT2D eigenvalue weighted by Crippen LogP contribution is 2.31. The summed E-state index contributed by atoms with van der Waals surface area (Å²) >= 11 is 0. The first-order chi connectivity index (χ1) is 7.76. The molecule has 0 saturated carbocycles. The molecular weight excluding hydrogens is 202 g/mol. The summed E-state index contributed by atoms with van der Waals surface area (Å²) in [5.74, 6) is 0.409. The van der Waals surface area contributed by atoms with Gasteiger partial charge in [-0.05, 0) is 38.1 Å². The molecule has 1 aliphatic rings. The number of ether oxygens (including phenoxy) is 1. The van der Waals surface area contributed by atoms with Gasteiger partial charge in [0.2, 0.25) is 5.88 Å². The molecule has 1 atom stereocenters. The maximum atomic E-state index is 9.00. The lowest BCUT2D eigenvalue weighted by atomic mass is 10.1. The van der Waals surface area contributed by atoms with Crippen LogP contribution >= 0.6 is 0 Å². The minimum absolute atomic E-state index is 0.394. The topological polar surface area (TPSA) is 49.1 Å². The van der Waals surface area contributed by atoms with E-state index in [-0.39, 0.29) is 0 Å². The van der Waals surface area contributed by atoms with Gasteiger partial charge in [0, 0.05) is 12.2 Å².